The smallest absolute Gasteiger partial charge is 0.353 e. The Hall–Kier alpha value is -2.71. The highest BCUT2D eigenvalue weighted by Gasteiger charge is 2.38. The minimum Gasteiger partial charge on any atom is -0.353 e. The number of amides is 1. The molecule has 2 rings (SSSR count). The van der Waals surface area contributed by atoms with E-state index in [4.69, 9.17) is 0 Å². The first-order valence-electron chi connectivity index (χ1n) is 6.56. The molecule has 0 spiro atoms. The lowest BCUT2D eigenvalue weighted by Gasteiger charge is -2.02. The minimum atomic E-state index is -4.69. The Labute approximate surface area is 128 Å². The first kappa shape index (κ1) is 16.7. The third kappa shape index (κ3) is 4.15. The van der Waals surface area contributed by atoms with E-state index in [1.54, 1.807) is 12.1 Å². The number of likely N-dealkylation sites (N-methyl/N-ethyl adjacent to an activating group) is 1. The van der Waals surface area contributed by atoms with Gasteiger partial charge in [0.25, 0.3) is 5.91 Å². The molecule has 1 amide bonds. The molecule has 0 bridgehead atoms. The minimum absolute atomic E-state index is 0.0411. The quantitative estimate of drug-likeness (QED) is 0.849. The van der Waals surface area contributed by atoms with Crippen LogP contribution in [0.3, 0.4) is 0 Å². The molecule has 0 aliphatic rings. The summed E-state index contributed by atoms with van der Waals surface area (Å²) in [6, 6.07) is 6.28. The average molecular weight is 327 g/mol. The SMILES string of the molecule is CNC(=O)C(=O)CCc1ccc(-c2noc(C(F)(F)F)n2)cc1. The highest BCUT2D eigenvalue weighted by atomic mass is 19.4. The summed E-state index contributed by atoms with van der Waals surface area (Å²) in [5.41, 5.74) is 1.11. The summed E-state index contributed by atoms with van der Waals surface area (Å²) in [7, 11) is 1.37. The van der Waals surface area contributed by atoms with Crippen molar-refractivity contribution in [1.29, 1.82) is 0 Å². The maximum atomic E-state index is 12.4. The number of alkyl halides is 3. The Bertz CT molecular complexity index is 708. The summed E-state index contributed by atoms with van der Waals surface area (Å²) in [5.74, 6) is -2.78. The van der Waals surface area contributed by atoms with E-state index in [1.165, 1.54) is 19.2 Å². The van der Waals surface area contributed by atoms with Crippen LogP contribution in [0.25, 0.3) is 11.4 Å². The van der Waals surface area contributed by atoms with Gasteiger partial charge < -0.3 is 9.84 Å². The lowest BCUT2D eigenvalue weighted by molar-refractivity contribution is -0.159. The van der Waals surface area contributed by atoms with Crippen molar-refractivity contribution in [1.82, 2.24) is 15.5 Å². The van der Waals surface area contributed by atoms with Gasteiger partial charge in [-0.25, -0.2) is 0 Å². The zero-order valence-corrected chi connectivity index (χ0v) is 12.0. The molecular weight excluding hydrogens is 315 g/mol. The Morgan fingerprint density at radius 2 is 1.87 bits per heavy atom. The van der Waals surface area contributed by atoms with E-state index in [-0.39, 0.29) is 12.2 Å². The number of nitrogens with one attached hydrogen (secondary N) is 1. The molecule has 1 aromatic heterocycles. The largest absolute Gasteiger partial charge is 0.471 e. The van der Waals surface area contributed by atoms with E-state index < -0.39 is 23.8 Å². The number of hydrogen-bond acceptors (Lipinski definition) is 5. The van der Waals surface area contributed by atoms with Crippen LogP contribution in [0.4, 0.5) is 13.2 Å². The second-order valence-electron chi connectivity index (χ2n) is 4.62. The fourth-order valence-corrected chi connectivity index (χ4v) is 1.79. The highest BCUT2D eigenvalue weighted by Crippen LogP contribution is 2.29. The summed E-state index contributed by atoms with van der Waals surface area (Å²) >= 11 is 0. The van der Waals surface area contributed by atoms with E-state index in [9.17, 15) is 22.8 Å². The van der Waals surface area contributed by atoms with E-state index in [0.29, 0.717) is 12.0 Å². The first-order chi connectivity index (χ1) is 10.8. The molecule has 0 unspecified atom stereocenters. The molecule has 0 saturated heterocycles. The Balaban J connectivity index is 2.03. The summed E-state index contributed by atoms with van der Waals surface area (Å²) in [6.45, 7) is 0. The number of aryl methyl sites for hydroxylation is 1. The molecular formula is C14H12F3N3O3. The number of Topliss-reactive ketones (excluding diaryl/α,β-unsaturated/α-hetero) is 1. The first-order valence-corrected chi connectivity index (χ1v) is 6.56. The average Bonchev–Trinajstić information content (AvgIpc) is 3.02. The second-order valence-corrected chi connectivity index (χ2v) is 4.62. The fourth-order valence-electron chi connectivity index (χ4n) is 1.79. The molecule has 1 heterocycles. The van der Waals surface area contributed by atoms with Crippen LogP contribution >= 0.6 is 0 Å². The molecule has 23 heavy (non-hydrogen) atoms. The van der Waals surface area contributed by atoms with Crippen molar-refractivity contribution >= 4 is 11.7 Å². The van der Waals surface area contributed by atoms with E-state index in [0.717, 1.165) is 5.56 Å². The maximum Gasteiger partial charge on any atom is 0.471 e. The van der Waals surface area contributed by atoms with E-state index in [2.05, 4.69) is 20.0 Å². The number of benzene rings is 1. The van der Waals surface area contributed by atoms with Crippen molar-refractivity contribution in [2.24, 2.45) is 0 Å². The number of aromatic nitrogens is 2. The van der Waals surface area contributed by atoms with Crippen LogP contribution in [-0.4, -0.2) is 28.9 Å². The number of rotatable bonds is 5. The molecule has 0 radical (unpaired) electrons. The normalized spacial score (nSPS) is 11.3. The number of ketones is 1. The van der Waals surface area contributed by atoms with Gasteiger partial charge in [-0.15, -0.1) is 0 Å². The Morgan fingerprint density at radius 3 is 2.39 bits per heavy atom. The van der Waals surface area contributed by atoms with Crippen molar-refractivity contribution in [3.8, 4) is 11.4 Å². The van der Waals surface area contributed by atoms with Gasteiger partial charge in [0, 0.05) is 19.0 Å². The third-order valence-electron chi connectivity index (χ3n) is 3.00. The van der Waals surface area contributed by atoms with E-state index in [1.807, 2.05) is 0 Å². The van der Waals surface area contributed by atoms with Gasteiger partial charge >= 0.3 is 12.1 Å². The van der Waals surface area contributed by atoms with Crippen LogP contribution in [-0.2, 0) is 22.2 Å². The van der Waals surface area contributed by atoms with E-state index >= 15 is 0 Å². The molecule has 0 atom stereocenters. The van der Waals surface area contributed by atoms with Crippen molar-refractivity contribution in [2.45, 2.75) is 19.0 Å². The van der Waals surface area contributed by atoms with Gasteiger partial charge in [-0.1, -0.05) is 29.4 Å². The summed E-state index contributed by atoms with van der Waals surface area (Å²) in [5, 5.41) is 5.52. The summed E-state index contributed by atoms with van der Waals surface area (Å²) in [4.78, 5) is 25.7. The maximum absolute atomic E-state index is 12.4. The number of nitrogens with zero attached hydrogens (tertiary/aromatic N) is 2. The Kier molecular flexibility index (Phi) is 4.77. The van der Waals surface area contributed by atoms with Crippen LogP contribution < -0.4 is 5.32 Å². The van der Waals surface area contributed by atoms with Gasteiger partial charge in [0.1, 0.15) is 0 Å². The van der Waals surface area contributed by atoms with Crippen molar-refractivity contribution < 1.29 is 27.3 Å². The number of carbonyl (C=O) groups excluding carboxylic acids is 2. The van der Waals surface area contributed by atoms with Crippen LogP contribution in [0, 0.1) is 0 Å². The van der Waals surface area contributed by atoms with Crippen molar-refractivity contribution in [2.75, 3.05) is 7.05 Å². The number of hydrogen-bond donors (Lipinski definition) is 1. The number of halogens is 3. The van der Waals surface area contributed by atoms with Crippen LogP contribution in [0.15, 0.2) is 28.8 Å². The molecule has 122 valence electrons. The van der Waals surface area contributed by atoms with Gasteiger partial charge in [0.05, 0.1) is 0 Å². The molecule has 0 fully saturated rings. The fraction of sp³-hybridized carbons (Fsp3) is 0.286. The van der Waals surface area contributed by atoms with Gasteiger partial charge in [-0.3, -0.25) is 9.59 Å². The lowest BCUT2D eigenvalue weighted by Crippen LogP contribution is -2.27. The topological polar surface area (TPSA) is 85.1 Å². The van der Waals surface area contributed by atoms with Gasteiger partial charge in [0.15, 0.2) is 0 Å². The number of carbonyl (C=O) groups is 2. The third-order valence-corrected chi connectivity index (χ3v) is 3.00. The zero-order valence-electron chi connectivity index (χ0n) is 12.0. The predicted octanol–water partition coefficient (Wildman–Crippen LogP) is 2.00. The predicted molar refractivity (Wildman–Crippen MR) is 72.1 cm³/mol. The van der Waals surface area contributed by atoms with Crippen molar-refractivity contribution in [3.63, 3.8) is 0 Å². The van der Waals surface area contributed by atoms with Gasteiger partial charge in [-0.2, -0.15) is 18.2 Å². The van der Waals surface area contributed by atoms with Crippen LogP contribution in [0.5, 0.6) is 0 Å². The van der Waals surface area contributed by atoms with Crippen LogP contribution in [0.2, 0.25) is 0 Å². The Morgan fingerprint density at radius 1 is 1.22 bits per heavy atom. The monoisotopic (exact) mass is 327 g/mol. The molecule has 1 aromatic carbocycles. The zero-order chi connectivity index (χ0) is 17.0. The molecule has 9 heteroatoms. The summed E-state index contributed by atoms with van der Waals surface area (Å²) < 4.78 is 41.3. The second kappa shape index (κ2) is 6.59. The molecule has 2 aromatic rings. The van der Waals surface area contributed by atoms with Gasteiger partial charge in [-0.05, 0) is 12.0 Å². The lowest BCUT2D eigenvalue weighted by atomic mass is 10.1. The highest BCUT2D eigenvalue weighted by molar-refractivity contribution is 6.36. The molecule has 0 aliphatic carbocycles. The molecule has 0 aliphatic heterocycles. The molecule has 0 saturated carbocycles. The van der Waals surface area contributed by atoms with Gasteiger partial charge in [0.2, 0.25) is 11.6 Å². The summed E-state index contributed by atoms with van der Waals surface area (Å²) in [6.07, 6.45) is -4.31. The van der Waals surface area contributed by atoms with Crippen LogP contribution in [0.1, 0.15) is 17.9 Å². The molecule has 6 nitrogen and oxygen atoms in total. The van der Waals surface area contributed by atoms with Crippen molar-refractivity contribution in [3.05, 3.63) is 35.7 Å². The standard InChI is InChI=1S/C14H12F3N3O3/c1-18-12(22)10(21)7-4-8-2-5-9(6-3-8)11-19-13(23-20-11)14(15,16)17/h2-3,5-6H,4,7H2,1H3,(H,18,22). The molecule has 1 N–H and O–H groups in total.